The highest BCUT2D eigenvalue weighted by Gasteiger charge is 1.96. The van der Waals surface area contributed by atoms with Crippen LogP contribution in [0.5, 0.6) is 0 Å². The van der Waals surface area contributed by atoms with Gasteiger partial charge in [-0.15, -0.1) is 17.5 Å². The van der Waals surface area contributed by atoms with Crippen LogP contribution in [-0.2, 0) is 4.74 Å². The zero-order valence-corrected chi connectivity index (χ0v) is 6.53. The Morgan fingerprint density at radius 3 is 2.67 bits per heavy atom. The molecule has 0 amide bonds. The number of rotatable bonds is 2. The lowest BCUT2D eigenvalue weighted by molar-refractivity contribution is 0.166. The van der Waals surface area contributed by atoms with Crippen LogP contribution in [0.15, 0.2) is 0 Å². The molecule has 0 bridgehead atoms. The van der Waals surface area contributed by atoms with E-state index in [1.54, 1.807) is 7.11 Å². The first-order valence-electron chi connectivity index (χ1n) is 2.92. The molecule has 0 aliphatic rings. The van der Waals surface area contributed by atoms with E-state index < -0.39 is 0 Å². The fourth-order valence-corrected chi connectivity index (χ4v) is 0.580. The molecule has 1 atom stereocenters. The Morgan fingerprint density at radius 1 is 1.67 bits per heavy atom. The Balaban J connectivity index is 3.54. The Bertz CT molecular complexity index is 108. The molecule has 0 aliphatic carbocycles. The van der Waals surface area contributed by atoms with Gasteiger partial charge in [0.15, 0.2) is 0 Å². The van der Waals surface area contributed by atoms with Gasteiger partial charge in [-0.1, -0.05) is 12.8 Å². The number of alkyl halides is 1. The van der Waals surface area contributed by atoms with Crippen molar-refractivity contribution in [1.82, 2.24) is 0 Å². The van der Waals surface area contributed by atoms with E-state index in [-0.39, 0.29) is 6.10 Å². The molecule has 0 aromatic carbocycles. The van der Waals surface area contributed by atoms with Gasteiger partial charge in [-0.25, -0.2) is 0 Å². The fraction of sp³-hybridized carbons (Fsp3) is 0.714. The standard InChI is InChI=1S/C7H11ClO/c1-3-4-5-7(6-8)9-2/h7H,3,6H2,1-2H3. The highest BCUT2D eigenvalue weighted by Crippen LogP contribution is 1.90. The minimum absolute atomic E-state index is 0.0911. The maximum absolute atomic E-state index is 5.48. The van der Waals surface area contributed by atoms with Gasteiger partial charge in [-0.2, -0.15) is 0 Å². The van der Waals surface area contributed by atoms with Gasteiger partial charge in [0.05, 0.1) is 5.88 Å². The van der Waals surface area contributed by atoms with Crippen molar-refractivity contribution in [3.8, 4) is 11.8 Å². The van der Waals surface area contributed by atoms with Crippen molar-refractivity contribution < 1.29 is 4.74 Å². The molecule has 0 saturated heterocycles. The summed E-state index contributed by atoms with van der Waals surface area (Å²) >= 11 is 5.48. The number of hydrogen-bond acceptors (Lipinski definition) is 1. The third-order valence-electron chi connectivity index (χ3n) is 0.864. The van der Waals surface area contributed by atoms with E-state index >= 15 is 0 Å². The second kappa shape index (κ2) is 5.94. The molecule has 0 radical (unpaired) electrons. The highest BCUT2D eigenvalue weighted by atomic mass is 35.5. The molecule has 9 heavy (non-hydrogen) atoms. The van der Waals surface area contributed by atoms with E-state index in [1.165, 1.54) is 0 Å². The predicted octanol–water partition coefficient (Wildman–Crippen LogP) is 1.65. The Kier molecular flexibility index (Phi) is 5.81. The van der Waals surface area contributed by atoms with Crippen LogP contribution in [0.1, 0.15) is 13.3 Å². The first kappa shape index (κ1) is 8.81. The van der Waals surface area contributed by atoms with Gasteiger partial charge < -0.3 is 4.74 Å². The lowest BCUT2D eigenvalue weighted by Crippen LogP contribution is -2.08. The molecule has 0 aromatic heterocycles. The second-order valence-electron chi connectivity index (χ2n) is 1.55. The minimum atomic E-state index is -0.0911. The van der Waals surface area contributed by atoms with Gasteiger partial charge in [0.1, 0.15) is 6.10 Å². The van der Waals surface area contributed by atoms with Gasteiger partial charge >= 0.3 is 0 Å². The minimum Gasteiger partial charge on any atom is -0.368 e. The van der Waals surface area contributed by atoms with Crippen LogP contribution in [0.3, 0.4) is 0 Å². The lowest BCUT2D eigenvalue weighted by atomic mass is 10.4. The third-order valence-corrected chi connectivity index (χ3v) is 1.14. The summed E-state index contributed by atoms with van der Waals surface area (Å²) in [4.78, 5) is 0. The molecule has 0 heterocycles. The van der Waals surface area contributed by atoms with Gasteiger partial charge in [-0.05, 0) is 0 Å². The molecule has 0 aliphatic heterocycles. The molecule has 1 nitrogen and oxygen atoms in total. The zero-order valence-electron chi connectivity index (χ0n) is 5.78. The maximum atomic E-state index is 5.48. The van der Waals surface area contributed by atoms with Crippen molar-refractivity contribution in [2.75, 3.05) is 13.0 Å². The molecule has 2 heteroatoms. The number of hydrogen-bond donors (Lipinski definition) is 0. The molecular weight excluding hydrogens is 136 g/mol. The summed E-state index contributed by atoms with van der Waals surface area (Å²) in [6, 6.07) is 0. The normalized spacial score (nSPS) is 11.9. The van der Waals surface area contributed by atoms with Crippen molar-refractivity contribution in [3.63, 3.8) is 0 Å². The van der Waals surface area contributed by atoms with E-state index in [0.29, 0.717) is 5.88 Å². The summed E-state index contributed by atoms with van der Waals surface area (Å²) in [5.41, 5.74) is 0. The average Bonchev–Trinajstić information content (AvgIpc) is 1.91. The summed E-state index contributed by atoms with van der Waals surface area (Å²) in [7, 11) is 1.61. The van der Waals surface area contributed by atoms with E-state index in [0.717, 1.165) is 6.42 Å². The second-order valence-corrected chi connectivity index (χ2v) is 1.86. The molecular formula is C7H11ClO. The van der Waals surface area contributed by atoms with Crippen LogP contribution in [0.2, 0.25) is 0 Å². The summed E-state index contributed by atoms with van der Waals surface area (Å²) in [5, 5.41) is 0. The summed E-state index contributed by atoms with van der Waals surface area (Å²) in [6.45, 7) is 1.99. The molecule has 0 aromatic rings. The molecule has 0 N–H and O–H groups in total. The Labute approximate surface area is 61.3 Å². The fourth-order valence-electron chi connectivity index (χ4n) is 0.376. The smallest absolute Gasteiger partial charge is 0.131 e. The first-order chi connectivity index (χ1) is 4.35. The quantitative estimate of drug-likeness (QED) is 0.425. The number of ether oxygens (including phenoxy) is 1. The van der Waals surface area contributed by atoms with Crippen LogP contribution < -0.4 is 0 Å². The third kappa shape index (κ3) is 4.32. The van der Waals surface area contributed by atoms with Crippen LogP contribution in [0.25, 0.3) is 0 Å². The van der Waals surface area contributed by atoms with Crippen molar-refractivity contribution >= 4 is 11.6 Å². The monoisotopic (exact) mass is 146 g/mol. The van der Waals surface area contributed by atoms with Crippen molar-refractivity contribution in [2.45, 2.75) is 19.4 Å². The van der Waals surface area contributed by atoms with Crippen LogP contribution >= 0.6 is 11.6 Å². The predicted molar refractivity (Wildman–Crippen MR) is 39.6 cm³/mol. The molecule has 0 fully saturated rings. The molecule has 1 unspecified atom stereocenters. The average molecular weight is 147 g/mol. The molecule has 0 saturated carbocycles. The van der Waals surface area contributed by atoms with E-state index in [4.69, 9.17) is 16.3 Å². The Hall–Kier alpha value is -0.190. The molecule has 0 rings (SSSR count). The SMILES string of the molecule is CCC#CC(CCl)OC. The van der Waals surface area contributed by atoms with Gasteiger partial charge in [0.2, 0.25) is 0 Å². The van der Waals surface area contributed by atoms with E-state index in [2.05, 4.69) is 11.8 Å². The summed E-state index contributed by atoms with van der Waals surface area (Å²) < 4.78 is 4.90. The van der Waals surface area contributed by atoms with Crippen LogP contribution in [0, 0.1) is 11.8 Å². The largest absolute Gasteiger partial charge is 0.368 e. The first-order valence-corrected chi connectivity index (χ1v) is 3.45. The number of methoxy groups -OCH3 is 1. The Morgan fingerprint density at radius 2 is 2.33 bits per heavy atom. The van der Waals surface area contributed by atoms with Crippen molar-refractivity contribution in [2.24, 2.45) is 0 Å². The molecule has 52 valence electrons. The summed E-state index contributed by atoms with van der Waals surface area (Å²) in [6.07, 6.45) is 0.767. The van der Waals surface area contributed by atoms with Gasteiger partial charge in [0, 0.05) is 13.5 Å². The van der Waals surface area contributed by atoms with E-state index in [9.17, 15) is 0 Å². The van der Waals surface area contributed by atoms with Crippen LogP contribution in [0.4, 0.5) is 0 Å². The lowest BCUT2D eigenvalue weighted by Gasteiger charge is -2.00. The zero-order chi connectivity index (χ0) is 7.11. The molecule has 0 spiro atoms. The summed E-state index contributed by atoms with van der Waals surface area (Å²) in [5.74, 6) is 6.20. The van der Waals surface area contributed by atoms with E-state index in [1.807, 2.05) is 6.92 Å². The highest BCUT2D eigenvalue weighted by molar-refractivity contribution is 6.18. The van der Waals surface area contributed by atoms with Crippen molar-refractivity contribution in [3.05, 3.63) is 0 Å². The number of halogens is 1. The topological polar surface area (TPSA) is 9.23 Å². The van der Waals surface area contributed by atoms with Gasteiger partial charge in [0.25, 0.3) is 0 Å². The maximum Gasteiger partial charge on any atom is 0.131 e. The van der Waals surface area contributed by atoms with Crippen LogP contribution in [-0.4, -0.2) is 19.1 Å². The van der Waals surface area contributed by atoms with Crippen molar-refractivity contribution in [1.29, 1.82) is 0 Å². The van der Waals surface area contributed by atoms with Gasteiger partial charge in [-0.3, -0.25) is 0 Å².